The molecule has 1 aromatic heterocycles. The number of likely N-dealkylation sites (tertiary alicyclic amines) is 1. The van der Waals surface area contributed by atoms with Crippen molar-refractivity contribution in [3.63, 3.8) is 0 Å². The molecule has 3 aromatic rings. The van der Waals surface area contributed by atoms with Crippen LogP contribution in [-0.4, -0.2) is 70.0 Å². The van der Waals surface area contributed by atoms with Crippen molar-refractivity contribution in [2.75, 3.05) is 25.0 Å². The number of pyridine rings is 1. The van der Waals surface area contributed by atoms with E-state index in [4.69, 9.17) is 4.98 Å². The van der Waals surface area contributed by atoms with Gasteiger partial charge in [0.05, 0.1) is 16.6 Å². The fourth-order valence-electron chi connectivity index (χ4n) is 6.28. The number of rotatable bonds is 9. The van der Waals surface area contributed by atoms with Crippen molar-refractivity contribution in [1.82, 2.24) is 20.1 Å². The number of hydrogen-bond donors (Lipinski definition) is 2. The van der Waals surface area contributed by atoms with Crippen LogP contribution in [0.3, 0.4) is 0 Å². The molecule has 1 unspecified atom stereocenters. The minimum Gasteiger partial charge on any atom is -0.385 e. The molecule has 2 aromatic carbocycles. The van der Waals surface area contributed by atoms with E-state index in [1.165, 1.54) is 0 Å². The van der Waals surface area contributed by atoms with E-state index in [0.29, 0.717) is 24.6 Å². The summed E-state index contributed by atoms with van der Waals surface area (Å²) in [5.41, 5.74) is 3.36. The molecule has 10 nitrogen and oxygen atoms in total. The van der Waals surface area contributed by atoms with Crippen LogP contribution in [0, 0.1) is 0 Å². The molecule has 0 radical (unpaired) electrons. The maximum Gasteiger partial charge on any atom is 0.262 e. The lowest BCUT2D eigenvalue weighted by Gasteiger charge is -2.32. The van der Waals surface area contributed by atoms with Crippen LogP contribution in [0.1, 0.15) is 83.7 Å². The average molecular weight is 582 g/mol. The van der Waals surface area contributed by atoms with Gasteiger partial charge in [-0.1, -0.05) is 30.7 Å². The summed E-state index contributed by atoms with van der Waals surface area (Å²) >= 11 is 0. The van der Waals surface area contributed by atoms with E-state index in [1.807, 2.05) is 23.1 Å². The largest absolute Gasteiger partial charge is 0.385 e. The Morgan fingerprint density at radius 3 is 2.49 bits per heavy atom. The molecule has 6 rings (SSSR count). The van der Waals surface area contributed by atoms with Gasteiger partial charge in [0.1, 0.15) is 6.04 Å². The average Bonchev–Trinajstić information content (AvgIpc) is 3.27. The zero-order valence-corrected chi connectivity index (χ0v) is 24.0. The van der Waals surface area contributed by atoms with Gasteiger partial charge in [0.25, 0.3) is 11.8 Å². The summed E-state index contributed by atoms with van der Waals surface area (Å²) in [5, 5.41) is 6.65. The lowest BCUT2D eigenvalue weighted by molar-refractivity contribution is -0.136. The molecule has 0 bridgehead atoms. The number of para-hydroxylation sites is 1. The first kappa shape index (κ1) is 28.5. The second-order valence-corrected chi connectivity index (χ2v) is 11.5. The molecular formula is C33H35N5O5. The highest BCUT2D eigenvalue weighted by Gasteiger charge is 2.44. The highest BCUT2D eigenvalue weighted by atomic mass is 16.2. The number of piperidine rings is 2. The van der Waals surface area contributed by atoms with Crippen LogP contribution in [0.5, 0.6) is 0 Å². The SMILES string of the molecule is O=C1CCC(N2C(=O)c3ccc(NCCCCCC(=O)N4CCC(c5ccc6ccccc6n5)CC4)cc3C2=O)C(=O)N1. The highest BCUT2D eigenvalue weighted by molar-refractivity contribution is 6.23. The second kappa shape index (κ2) is 12.3. The van der Waals surface area contributed by atoms with E-state index in [1.54, 1.807) is 18.2 Å². The number of carbonyl (C=O) groups excluding carboxylic acids is 5. The molecule has 4 heterocycles. The van der Waals surface area contributed by atoms with Crippen LogP contribution < -0.4 is 10.6 Å². The van der Waals surface area contributed by atoms with E-state index in [2.05, 4.69) is 28.8 Å². The molecule has 0 spiro atoms. The maximum atomic E-state index is 13.0. The first-order chi connectivity index (χ1) is 20.9. The molecule has 2 saturated heterocycles. The molecule has 3 aliphatic heterocycles. The predicted molar refractivity (Wildman–Crippen MR) is 160 cm³/mol. The number of fused-ring (bicyclic) bond motifs is 2. The Bertz CT molecular complexity index is 1600. The third kappa shape index (κ3) is 6.00. The quantitative estimate of drug-likeness (QED) is 0.289. The van der Waals surface area contributed by atoms with Crippen molar-refractivity contribution >= 4 is 46.1 Å². The van der Waals surface area contributed by atoms with Gasteiger partial charge in [-0.15, -0.1) is 0 Å². The lowest BCUT2D eigenvalue weighted by atomic mass is 9.92. The van der Waals surface area contributed by atoms with Gasteiger partial charge in [-0.3, -0.25) is 39.2 Å². The Hall–Kier alpha value is -4.60. The number of carbonyl (C=O) groups is 5. The first-order valence-electron chi connectivity index (χ1n) is 15.1. The number of unbranched alkanes of at least 4 members (excludes halogenated alkanes) is 2. The normalized spacial score (nSPS) is 19.1. The molecular weight excluding hydrogens is 546 g/mol. The fraction of sp³-hybridized carbons (Fsp3) is 0.394. The molecule has 2 fully saturated rings. The van der Waals surface area contributed by atoms with Crippen LogP contribution in [0.4, 0.5) is 5.69 Å². The van der Waals surface area contributed by atoms with Gasteiger partial charge in [-0.25, -0.2) is 0 Å². The summed E-state index contributed by atoms with van der Waals surface area (Å²) in [5.74, 6) is -1.46. The molecule has 0 saturated carbocycles. The Kier molecular flexibility index (Phi) is 8.18. The molecule has 0 aliphatic carbocycles. The first-order valence-corrected chi connectivity index (χ1v) is 15.1. The molecule has 10 heteroatoms. The smallest absolute Gasteiger partial charge is 0.262 e. The van der Waals surface area contributed by atoms with Gasteiger partial charge >= 0.3 is 0 Å². The van der Waals surface area contributed by atoms with E-state index >= 15 is 0 Å². The number of imide groups is 2. The standard InChI is InChI=1S/C33H35N5O5/c39-29-14-13-28(31(41)36-29)38-32(42)24-11-10-23(20-25(24)33(38)43)34-17-5-1-2-8-30(40)37-18-15-22(16-19-37)27-12-9-21-6-3-4-7-26(21)35-27/h3-4,6-7,9-12,20,22,28,34H,1-2,5,8,13-19H2,(H,36,39,41). The minimum atomic E-state index is -0.975. The van der Waals surface area contributed by atoms with Crippen molar-refractivity contribution in [2.24, 2.45) is 0 Å². The zero-order valence-electron chi connectivity index (χ0n) is 24.0. The van der Waals surface area contributed by atoms with Crippen molar-refractivity contribution in [3.8, 4) is 0 Å². The van der Waals surface area contributed by atoms with E-state index < -0.39 is 29.7 Å². The molecule has 5 amide bonds. The summed E-state index contributed by atoms with van der Waals surface area (Å²) in [4.78, 5) is 70.2. The number of aromatic nitrogens is 1. The Morgan fingerprint density at radius 2 is 1.67 bits per heavy atom. The number of nitrogens with one attached hydrogen (secondary N) is 2. The van der Waals surface area contributed by atoms with Gasteiger partial charge in [0.2, 0.25) is 17.7 Å². The Balaban J connectivity index is 0.912. The van der Waals surface area contributed by atoms with Gasteiger partial charge in [-0.2, -0.15) is 0 Å². The number of amides is 5. The fourth-order valence-corrected chi connectivity index (χ4v) is 6.28. The van der Waals surface area contributed by atoms with Gasteiger partial charge in [-0.05, 0) is 62.4 Å². The predicted octanol–water partition coefficient (Wildman–Crippen LogP) is 4.01. The number of anilines is 1. The summed E-state index contributed by atoms with van der Waals surface area (Å²) in [6.07, 6.45) is 5.17. The Morgan fingerprint density at radius 1 is 0.884 bits per heavy atom. The van der Waals surface area contributed by atoms with Crippen LogP contribution >= 0.6 is 0 Å². The monoisotopic (exact) mass is 581 g/mol. The van der Waals surface area contributed by atoms with Gasteiger partial charge in [0.15, 0.2) is 0 Å². The van der Waals surface area contributed by atoms with Crippen molar-refractivity contribution in [2.45, 2.75) is 63.3 Å². The van der Waals surface area contributed by atoms with Crippen LogP contribution in [-0.2, 0) is 14.4 Å². The third-order valence-electron chi connectivity index (χ3n) is 8.72. The zero-order chi connectivity index (χ0) is 29.9. The van der Waals surface area contributed by atoms with Crippen molar-refractivity contribution < 1.29 is 24.0 Å². The molecule has 1 atom stereocenters. The topological polar surface area (TPSA) is 129 Å². The van der Waals surface area contributed by atoms with Gasteiger partial charge < -0.3 is 10.2 Å². The molecule has 222 valence electrons. The second-order valence-electron chi connectivity index (χ2n) is 11.5. The number of hydrogen-bond acceptors (Lipinski definition) is 7. The van der Waals surface area contributed by atoms with E-state index in [9.17, 15) is 24.0 Å². The molecule has 3 aliphatic rings. The van der Waals surface area contributed by atoms with Crippen LogP contribution in [0.15, 0.2) is 54.6 Å². The molecule has 2 N–H and O–H groups in total. The van der Waals surface area contributed by atoms with Crippen LogP contribution in [0.25, 0.3) is 10.9 Å². The third-order valence-corrected chi connectivity index (χ3v) is 8.72. The van der Waals surface area contributed by atoms with E-state index in [0.717, 1.165) is 66.7 Å². The Labute approximate surface area is 249 Å². The summed E-state index contributed by atoms with van der Waals surface area (Å²) in [6, 6.07) is 16.4. The van der Waals surface area contributed by atoms with Crippen molar-refractivity contribution in [3.05, 3.63) is 71.4 Å². The van der Waals surface area contributed by atoms with Crippen LogP contribution in [0.2, 0.25) is 0 Å². The van der Waals surface area contributed by atoms with Gasteiger partial charge in [0, 0.05) is 55.2 Å². The minimum absolute atomic E-state index is 0.0878. The van der Waals surface area contributed by atoms with Crippen molar-refractivity contribution in [1.29, 1.82) is 0 Å². The maximum absolute atomic E-state index is 13.0. The number of nitrogens with zero attached hydrogens (tertiary/aromatic N) is 3. The summed E-state index contributed by atoms with van der Waals surface area (Å²) in [7, 11) is 0. The lowest BCUT2D eigenvalue weighted by Crippen LogP contribution is -2.54. The van der Waals surface area contributed by atoms with E-state index in [-0.39, 0.29) is 29.9 Å². The highest BCUT2D eigenvalue weighted by Crippen LogP contribution is 2.30. The number of benzene rings is 2. The molecule has 43 heavy (non-hydrogen) atoms. The summed E-state index contributed by atoms with van der Waals surface area (Å²) in [6.45, 7) is 2.19. The summed E-state index contributed by atoms with van der Waals surface area (Å²) < 4.78 is 0.